The van der Waals surface area contributed by atoms with Crippen LogP contribution < -0.4 is 4.90 Å². The third kappa shape index (κ3) is 5.17. The van der Waals surface area contributed by atoms with Crippen LogP contribution in [0.3, 0.4) is 0 Å². The van der Waals surface area contributed by atoms with Crippen molar-refractivity contribution in [2.24, 2.45) is 0 Å². The highest BCUT2D eigenvalue weighted by Gasteiger charge is 2.31. The van der Waals surface area contributed by atoms with Crippen LogP contribution in [0, 0.1) is 0 Å². The van der Waals surface area contributed by atoms with Crippen LogP contribution in [0.15, 0.2) is 213 Å². The van der Waals surface area contributed by atoms with Gasteiger partial charge >= 0.3 is 0 Å². The van der Waals surface area contributed by atoms with E-state index in [0.29, 0.717) is 0 Å². The van der Waals surface area contributed by atoms with E-state index in [1.54, 1.807) is 0 Å². The fraction of sp³-hybridized carbons (Fsp3) is 0. The van der Waals surface area contributed by atoms with Gasteiger partial charge in [-0.3, -0.25) is 4.98 Å². The van der Waals surface area contributed by atoms with E-state index in [1.165, 1.54) is 55.2 Å². The minimum Gasteiger partial charge on any atom is -0.309 e. The van der Waals surface area contributed by atoms with Gasteiger partial charge in [-0.25, -0.2) is 0 Å². The van der Waals surface area contributed by atoms with Gasteiger partial charge in [0.2, 0.25) is 0 Å². The predicted octanol–water partition coefficient (Wildman–Crippen LogP) is 14.3. The summed E-state index contributed by atoms with van der Waals surface area (Å²) in [6, 6.07) is 72.5. The fourth-order valence-corrected chi connectivity index (χ4v) is 8.69. The fourth-order valence-electron chi connectivity index (χ4n) is 8.69. The van der Waals surface area contributed by atoms with Crippen LogP contribution in [-0.4, -0.2) is 9.55 Å². The lowest BCUT2D eigenvalue weighted by Gasteiger charge is -2.28. The standard InChI is InChI=1S/C53H35N3/c1-2-15-36(16-3-1)40-31-41(35-54-34-40)38-19-12-21-42(32-38)55-49-28-9-6-24-46(49)52-47-25-7-10-29-50(47)56(53(52)48-26-8-11-30-51(48)55)43-22-13-20-39(33-43)45-27-14-18-37-17-4-5-23-44(37)45/h1-35H. The van der Waals surface area contributed by atoms with Crippen molar-refractivity contribution >= 4 is 38.7 Å². The first-order chi connectivity index (χ1) is 27.8. The van der Waals surface area contributed by atoms with Crippen LogP contribution in [0.2, 0.25) is 0 Å². The minimum absolute atomic E-state index is 1.08. The summed E-state index contributed by atoms with van der Waals surface area (Å²) >= 11 is 0. The van der Waals surface area contributed by atoms with Gasteiger partial charge in [-0.05, 0) is 81.6 Å². The Balaban J connectivity index is 1.13. The molecule has 0 bridgehead atoms. The number of anilines is 3. The summed E-state index contributed by atoms with van der Waals surface area (Å²) < 4.78 is 2.48. The van der Waals surface area contributed by atoms with Crippen molar-refractivity contribution in [3.8, 4) is 61.5 Å². The van der Waals surface area contributed by atoms with Gasteiger partial charge in [0.25, 0.3) is 0 Å². The van der Waals surface area contributed by atoms with Crippen LogP contribution in [-0.2, 0) is 0 Å². The molecule has 0 unspecified atom stereocenters. The molecule has 1 aliphatic heterocycles. The molecule has 3 heteroatoms. The first-order valence-corrected chi connectivity index (χ1v) is 19.1. The summed E-state index contributed by atoms with van der Waals surface area (Å²) in [7, 11) is 0. The molecule has 0 spiro atoms. The van der Waals surface area contributed by atoms with Crippen molar-refractivity contribution in [1.29, 1.82) is 0 Å². The highest BCUT2D eigenvalue weighted by Crippen LogP contribution is 2.54. The third-order valence-corrected chi connectivity index (χ3v) is 11.2. The summed E-state index contributed by atoms with van der Waals surface area (Å²) in [4.78, 5) is 7.12. The lowest BCUT2D eigenvalue weighted by Crippen LogP contribution is -2.11. The van der Waals surface area contributed by atoms with Crippen molar-refractivity contribution in [3.63, 3.8) is 0 Å². The van der Waals surface area contributed by atoms with E-state index < -0.39 is 0 Å². The van der Waals surface area contributed by atoms with Gasteiger partial charge < -0.3 is 9.47 Å². The first-order valence-electron chi connectivity index (χ1n) is 19.1. The molecule has 1 aliphatic rings. The maximum atomic E-state index is 4.68. The van der Waals surface area contributed by atoms with E-state index >= 15 is 0 Å². The molecule has 8 aromatic carbocycles. The molecule has 0 aliphatic carbocycles. The zero-order valence-corrected chi connectivity index (χ0v) is 30.5. The topological polar surface area (TPSA) is 21.1 Å². The molecule has 11 rings (SSSR count). The Morgan fingerprint density at radius 1 is 0.357 bits per heavy atom. The Bertz CT molecular complexity index is 3100. The molecule has 0 amide bonds. The second-order valence-electron chi connectivity index (χ2n) is 14.4. The molecule has 0 saturated heterocycles. The van der Waals surface area contributed by atoms with E-state index in [1.807, 2.05) is 18.5 Å². The number of aromatic nitrogens is 2. The van der Waals surface area contributed by atoms with Crippen molar-refractivity contribution < 1.29 is 0 Å². The van der Waals surface area contributed by atoms with Gasteiger partial charge in [0.05, 0.1) is 22.6 Å². The lowest BCUT2D eigenvalue weighted by molar-refractivity contribution is 1.13. The monoisotopic (exact) mass is 713 g/mol. The molecule has 0 fully saturated rings. The van der Waals surface area contributed by atoms with E-state index in [2.05, 4.69) is 209 Å². The number of pyridine rings is 1. The van der Waals surface area contributed by atoms with Crippen LogP contribution in [0.4, 0.5) is 17.1 Å². The van der Waals surface area contributed by atoms with E-state index in [4.69, 9.17) is 0 Å². The van der Waals surface area contributed by atoms with Gasteiger partial charge in [-0.2, -0.15) is 0 Å². The number of hydrogen-bond acceptors (Lipinski definition) is 2. The largest absolute Gasteiger partial charge is 0.309 e. The normalized spacial score (nSPS) is 11.9. The summed E-state index contributed by atoms with van der Waals surface area (Å²) in [5.41, 5.74) is 17.3. The lowest BCUT2D eigenvalue weighted by atomic mass is 9.97. The van der Waals surface area contributed by atoms with Gasteiger partial charge in [0.1, 0.15) is 0 Å². The minimum atomic E-state index is 1.08. The highest BCUT2D eigenvalue weighted by atomic mass is 15.2. The average molecular weight is 714 g/mol. The molecule has 0 atom stereocenters. The van der Waals surface area contributed by atoms with Crippen molar-refractivity contribution in [2.45, 2.75) is 0 Å². The van der Waals surface area contributed by atoms with Crippen LogP contribution in [0.25, 0.3) is 83.1 Å². The summed E-state index contributed by atoms with van der Waals surface area (Å²) in [6.07, 6.45) is 3.91. The van der Waals surface area contributed by atoms with Gasteiger partial charge in [-0.1, -0.05) is 152 Å². The van der Waals surface area contributed by atoms with Crippen LogP contribution in [0.1, 0.15) is 0 Å². The molecule has 0 N–H and O–H groups in total. The molecule has 2 aromatic heterocycles. The first kappa shape index (κ1) is 32.0. The number of benzene rings is 8. The number of para-hydroxylation sites is 3. The van der Waals surface area contributed by atoms with Gasteiger partial charge in [-0.15, -0.1) is 0 Å². The molecular formula is C53H35N3. The second-order valence-corrected chi connectivity index (χ2v) is 14.4. The average Bonchev–Trinajstić information content (AvgIpc) is 3.56. The van der Waals surface area contributed by atoms with Gasteiger partial charge in [0.15, 0.2) is 0 Å². The van der Waals surface area contributed by atoms with E-state index in [9.17, 15) is 0 Å². The molecule has 262 valence electrons. The van der Waals surface area contributed by atoms with E-state index in [0.717, 1.165) is 45.0 Å². The number of fused-ring (bicyclic) bond motifs is 8. The summed E-state index contributed by atoms with van der Waals surface area (Å²) in [6.45, 7) is 0. The quantitative estimate of drug-likeness (QED) is 0.177. The SMILES string of the molecule is c1ccc(-c2cncc(-c3cccc(N4c5ccccc5-c5c(n(-c6cccc(-c7cccc8ccccc78)c6)c6ccccc56)-c5ccccc54)c3)c2)cc1. The molecule has 3 heterocycles. The predicted molar refractivity (Wildman–Crippen MR) is 234 cm³/mol. The summed E-state index contributed by atoms with van der Waals surface area (Å²) in [5, 5.41) is 3.72. The molecule has 3 nitrogen and oxygen atoms in total. The molecular weight excluding hydrogens is 679 g/mol. The number of rotatable bonds is 5. The van der Waals surface area contributed by atoms with Crippen molar-refractivity contribution in [2.75, 3.05) is 4.90 Å². The Morgan fingerprint density at radius 3 is 1.79 bits per heavy atom. The molecule has 56 heavy (non-hydrogen) atoms. The van der Waals surface area contributed by atoms with Crippen LogP contribution >= 0.6 is 0 Å². The molecule has 0 saturated carbocycles. The Labute approximate surface area is 326 Å². The zero-order valence-electron chi connectivity index (χ0n) is 30.5. The second kappa shape index (κ2) is 13.1. The maximum absolute atomic E-state index is 4.68. The van der Waals surface area contributed by atoms with Crippen molar-refractivity contribution in [1.82, 2.24) is 9.55 Å². The Morgan fingerprint density at radius 2 is 0.929 bits per heavy atom. The Kier molecular flexibility index (Phi) is 7.49. The number of nitrogens with zero attached hydrogens (tertiary/aromatic N) is 3. The Hall–Kier alpha value is -7.49. The van der Waals surface area contributed by atoms with E-state index in [-0.39, 0.29) is 0 Å². The summed E-state index contributed by atoms with van der Waals surface area (Å²) in [5.74, 6) is 0. The number of hydrogen-bond donors (Lipinski definition) is 0. The van der Waals surface area contributed by atoms with Gasteiger partial charge in [0, 0.05) is 57.0 Å². The maximum Gasteiger partial charge on any atom is 0.0641 e. The highest BCUT2D eigenvalue weighted by molar-refractivity contribution is 6.13. The molecule has 10 aromatic rings. The zero-order chi connectivity index (χ0) is 37.0. The molecule has 0 radical (unpaired) electrons. The van der Waals surface area contributed by atoms with Crippen molar-refractivity contribution in [3.05, 3.63) is 213 Å². The van der Waals surface area contributed by atoms with Crippen LogP contribution in [0.5, 0.6) is 0 Å². The third-order valence-electron chi connectivity index (χ3n) is 11.2. The smallest absolute Gasteiger partial charge is 0.0641 e.